The second kappa shape index (κ2) is 4.97. The molecule has 0 bridgehead atoms. The first-order valence-electron chi connectivity index (χ1n) is 5.05. The van der Waals surface area contributed by atoms with Crippen LogP contribution < -0.4 is 0 Å². The molecule has 1 aliphatic carbocycles. The van der Waals surface area contributed by atoms with Gasteiger partial charge in [-0.25, -0.2) is 8.42 Å². The van der Waals surface area contributed by atoms with Gasteiger partial charge in [0, 0.05) is 6.54 Å². The molecule has 1 rings (SSSR count). The molecule has 1 N–H and O–H groups in total. The van der Waals surface area contributed by atoms with E-state index in [0.717, 1.165) is 12.8 Å². The van der Waals surface area contributed by atoms with Gasteiger partial charge in [-0.2, -0.15) is 4.31 Å². The van der Waals surface area contributed by atoms with Gasteiger partial charge in [-0.1, -0.05) is 5.92 Å². The molecule has 0 spiro atoms. The largest absolute Gasteiger partial charge is 0.395 e. The fourth-order valence-corrected chi connectivity index (χ4v) is 2.67. The Labute approximate surface area is 91.3 Å². The molecule has 86 valence electrons. The summed E-state index contributed by atoms with van der Waals surface area (Å²) in [5, 5.41) is 8.11. The topological polar surface area (TPSA) is 57.6 Å². The van der Waals surface area contributed by atoms with Crippen LogP contribution in [-0.4, -0.2) is 42.8 Å². The number of rotatable bonds is 6. The molecular formula is C10H17NO3S. The first kappa shape index (κ1) is 12.5. The minimum Gasteiger partial charge on any atom is -0.395 e. The van der Waals surface area contributed by atoms with E-state index in [1.807, 2.05) is 0 Å². The summed E-state index contributed by atoms with van der Waals surface area (Å²) in [5.41, 5.74) is 0. The number of terminal acetylenes is 1. The summed E-state index contributed by atoms with van der Waals surface area (Å²) in [5.74, 6) is 2.81. The standard InChI is InChI=1S/C10H17NO3S/c1-3-6-11(7-10-4-5-10)15(13,14)9(2)8-12/h1,9-10,12H,4-8H2,2H3. The van der Waals surface area contributed by atoms with Crippen LogP contribution in [-0.2, 0) is 10.0 Å². The van der Waals surface area contributed by atoms with Gasteiger partial charge in [0.25, 0.3) is 0 Å². The van der Waals surface area contributed by atoms with Gasteiger partial charge in [0.05, 0.1) is 18.4 Å². The van der Waals surface area contributed by atoms with E-state index >= 15 is 0 Å². The molecule has 0 saturated heterocycles. The summed E-state index contributed by atoms with van der Waals surface area (Å²) in [6.45, 7) is 1.72. The van der Waals surface area contributed by atoms with Crippen molar-refractivity contribution in [3.8, 4) is 12.3 Å². The molecule has 0 aromatic carbocycles. The van der Waals surface area contributed by atoms with Crippen molar-refractivity contribution in [3.63, 3.8) is 0 Å². The fraction of sp³-hybridized carbons (Fsp3) is 0.800. The molecule has 0 heterocycles. The highest BCUT2D eigenvalue weighted by atomic mass is 32.2. The van der Waals surface area contributed by atoms with Crippen LogP contribution >= 0.6 is 0 Å². The molecular weight excluding hydrogens is 214 g/mol. The summed E-state index contributed by atoms with van der Waals surface area (Å²) in [7, 11) is -3.43. The number of sulfonamides is 1. The lowest BCUT2D eigenvalue weighted by molar-refractivity contribution is 0.289. The Bertz CT molecular complexity index is 340. The van der Waals surface area contributed by atoms with Crippen LogP contribution in [0.4, 0.5) is 0 Å². The van der Waals surface area contributed by atoms with E-state index in [4.69, 9.17) is 11.5 Å². The van der Waals surface area contributed by atoms with Gasteiger partial charge in [0.15, 0.2) is 0 Å². The molecule has 0 aromatic heterocycles. The van der Waals surface area contributed by atoms with Crippen molar-refractivity contribution >= 4 is 10.0 Å². The second-order valence-corrected chi connectivity index (χ2v) is 6.33. The third-order valence-corrected chi connectivity index (χ3v) is 4.72. The van der Waals surface area contributed by atoms with Crippen molar-refractivity contribution in [2.75, 3.05) is 19.7 Å². The predicted octanol–water partition coefficient (Wildman–Crippen LogP) is 0.0422. The Morgan fingerprint density at radius 1 is 1.60 bits per heavy atom. The van der Waals surface area contributed by atoms with Gasteiger partial charge in [-0.05, 0) is 25.7 Å². The molecule has 15 heavy (non-hydrogen) atoms. The molecule has 0 aliphatic heterocycles. The minimum absolute atomic E-state index is 0.100. The average molecular weight is 231 g/mol. The minimum atomic E-state index is -3.43. The molecule has 1 fully saturated rings. The number of aliphatic hydroxyl groups is 1. The maximum absolute atomic E-state index is 11.9. The molecule has 0 aromatic rings. The van der Waals surface area contributed by atoms with Crippen LogP contribution in [0.2, 0.25) is 0 Å². The average Bonchev–Trinajstić information content (AvgIpc) is 2.99. The number of nitrogens with zero attached hydrogens (tertiary/aromatic N) is 1. The van der Waals surface area contributed by atoms with Crippen LogP contribution in [0.1, 0.15) is 19.8 Å². The van der Waals surface area contributed by atoms with Crippen LogP contribution in [0.25, 0.3) is 0 Å². The normalized spacial score (nSPS) is 18.8. The smallest absolute Gasteiger partial charge is 0.219 e. The molecule has 4 nitrogen and oxygen atoms in total. The summed E-state index contributed by atoms with van der Waals surface area (Å²) in [4.78, 5) is 0. The lowest BCUT2D eigenvalue weighted by atomic mass is 10.4. The number of hydrogen-bond acceptors (Lipinski definition) is 3. The van der Waals surface area contributed by atoms with Crippen LogP contribution in [0, 0.1) is 18.3 Å². The molecule has 5 heteroatoms. The molecule has 1 unspecified atom stereocenters. The van der Waals surface area contributed by atoms with Crippen molar-refractivity contribution in [2.24, 2.45) is 5.92 Å². The third-order valence-electron chi connectivity index (χ3n) is 2.55. The van der Waals surface area contributed by atoms with Gasteiger partial charge in [0.2, 0.25) is 10.0 Å². The second-order valence-electron chi connectivity index (χ2n) is 3.98. The van der Waals surface area contributed by atoms with Crippen molar-refractivity contribution in [2.45, 2.75) is 25.0 Å². The Hall–Kier alpha value is -0.570. The van der Waals surface area contributed by atoms with E-state index in [1.165, 1.54) is 11.2 Å². The molecule has 0 radical (unpaired) electrons. The Kier molecular flexibility index (Phi) is 4.14. The van der Waals surface area contributed by atoms with Crippen LogP contribution in [0.5, 0.6) is 0 Å². The summed E-state index contributed by atoms with van der Waals surface area (Å²) >= 11 is 0. The third kappa shape index (κ3) is 3.20. The van der Waals surface area contributed by atoms with E-state index in [9.17, 15) is 8.42 Å². The monoisotopic (exact) mass is 231 g/mol. The first-order valence-corrected chi connectivity index (χ1v) is 6.56. The first-order chi connectivity index (χ1) is 7.02. The highest BCUT2D eigenvalue weighted by Gasteiger charge is 2.33. The van der Waals surface area contributed by atoms with Gasteiger partial charge >= 0.3 is 0 Å². The van der Waals surface area contributed by atoms with E-state index in [0.29, 0.717) is 12.5 Å². The maximum atomic E-state index is 11.9. The van der Waals surface area contributed by atoms with Gasteiger partial charge in [-0.3, -0.25) is 0 Å². The van der Waals surface area contributed by atoms with Gasteiger partial charge in [-0.15, -0.1) is 6.42 Å². The van der Waals surface area contributed by atoms with E-state index in [2.05, 4.69) is 5.92 Å². The molecule has 1 aliphatic rings. The molecule has 1 saturated carbocycles. The Morgan fingerprint density at radius 2 is 2.20 bits per heavy atom. The van der Waals surface area contributed by atoms with Crippen molar-refractivity contribution in [1.29, 1.82) is 0 Å². The fourth-order valence-electron chi connectivity index (χ4n) is 1.30. The SMILES string of the molecule is C#CCN(CC1CC1)S(=O)(=O)C(C)CO. The summed E-state index contributed by atoms with van der Waals surface area (Å²) in [6.07, 6.45) is 7.29. The zero-order chi connectivity index (χ0) is 11.5. The van der Waals surface area contributed by atoms with Gasteiger partial charge < -0.3 is 5.11 Å². The van der Waals surface area contributed by atoms with Crippen LogP contribution in [0.3, 0.4) is 0 Å². The van der Waals surface area contributed by atoms with E-state index in [1.54, 1.807) is 0 Å². The predicted molar refractivity (Wildman–Crippen MR) is 58.6 cm³/mol. The van der Waals surface area contributed by atoms with Crippen molar-refractivity contribution < 1.29 is 13.5 Å². The summed E-state index contributed by atoms with van der Waals surface area (Å²) < 4.78 is 25.1. The molecule has 1 atom stereocenters. The van der Waals surface area contributed by atoms with E-state index < -0.39 is 15.3 Å². The van der Waals surface area contributed by atoms with E-state index in [-0.39, 0.29) is 13.2 Å². The maximum Gasteiger partial charge on any atom is 0.219 e. The quantitative estimate of drug-likeness (QED) is 0.657. The number of hydrogen-bond donors (Lipinski definition) is 1. The summed E-state index contributed by atoms with van der Waals surface area (Å²) in [6, 6.07) is 0. The Balaban J connectivity index is 2.72. The van der Waals surface area contributed by atoms with Gasteiger partial charge in [0.1, 0.15) is 0 Å². The van der Waals surface area contributed by atoms with Crippen LogP contribution in [0.15, 0.2) is 0 Å². The molecule has 0 amide bonds. The zero-order valence-electron chi connectivity index (χ0n) is 8.89. The highest BCUT2D eigenvalue weighted by molar-refractivity contribution is 7.89. The van der Waals surface area contributed by atoms with Crippen molar-refractivity contribution in [1.82, 2.24) is 4.31 Å². The van der Waals surface area contributed by atoms with Crippen molar-refractivity contribution in [3.05, 3.63) is 0 Å². The highest BCUT2D eigenvalue weighted by Crippen LogP contribution is 2.30. The lowest BCUT2D eigenvalue weighted by Gasteiger charge is -2.22. The Morgan fingerprint density at radius 3 is 2.60 bits per heavy atom. The lowest BCUT2D eigenvalue weighted by Crippen LogP contribution is -2.40. The zero-order valence-corrected chi connectivity index (χ0v) is 9.70. The number of aliphatic hydroxyl groups excluding tert-OH is 1.